The Labute approximate surface area is 191 Å². The lowest BCUT2D eigenvalue weighted by Gasteiger charge is -2.33. The van der Waals surface area contributed by atoms with Crippen molar-refractivity contribution in [2.45, 2.75) is 44.9 Å². The molecule has 2 N–H and O–H groups in total. The van der Waals surface area contributed by atoms with E-state index in [4.69, 9.17) is 0 Å². The van der Waals surface area contributed by atoms with Gasteiger partial charge in [-0.15, -0.1) is 0 Å². The predicted octanol–water partition coefficient (Wildman–Crippen LogP) is 5.21. The number of benzene rings is 2. The number of H-pyrrole nitrogens is 1. The molecule has 3 aromatic rings. The van der Waals surface area contributed by atoms with Gasteiger partial charge in [0.1, 0.15) is 0 Å². The molecule has 32 heavy (non-hydrogen) atoms. The summed E-state index contributed by atoms with van der Waals surface area (Å²) in [5.74, 6) is 0.792. The minimum Gasteiger partial charge on any atom is -0.372 e. The SMILES string of the molecule is O=C(CCCCCc1ccccc1)NCC1CCN(c2ccc(-c3cn[nH]c3)cc2)CC1. The molecule has 2 heterocycles. The van der Waals surface area contributed by atoms with E-state index in [1.807, 2.05) is 12.4 Å². The number of aryl methyl sites for hydroxylation is 1. The van der Waals surface area contributed by atoms with Crippen LogP contribution in [-0.4, -0.2) is 35.7 Å². The van der Waals surface area contributed by atoms with Crippen molar-refractivity contribution < 1.29 is 4.79 Å². The Morgan fingerprint density at radius 1 is 0.969 bits per heavy atom. The van der Waals surface area contributed by atoms with Crippen LogP contribution in [0.3, 0.4) is 0 Å². The molecule has 0 saturated carbocycles. The van der Waals surface area contributed by atoms with E-state index < -0.39 is 0 Å². The van der Waals surface area contributed by atoms with Gasteiger partial charge in [-0.2, -0.15) is 5.10 Å². The van der Waals surface area contributed by atoms with Crippen LogP contribution in [0.15, 0.2) is 67.0 Å². The third-order valence-corrected chi connectivity index (χ3v) is 6.48. The summed E-state index contributed by atoms with van der Waals surface area (Å²) >= 11 is 0. The Morgan fingerprint density at radius 3 is 2.47 bits per heavy atom. The summed E-state index contributed by atoms with van der Waals surface area (Å²) in [7, 11) is 0. The minimum atomic E-state index is 0.210. The van der Waals surface area contributed by atoms with E-state index in [0.717, 1.165) is 63.7 Å². The number of rotatable bonds is 10. The molecule has 1 fully saturated rings. The van der Waals surface area contributed by atoms with Crippen molar-refractivity contribution in [3.05, 3.63) is 72.6 Å². The minimum absolute atomic E-state index is 0.210. The van der Waals surface area contributed by atoms with Crippen molar-refractivity contribution >= 4 is 11.6 Å². The molecular formula is C27H34N4O. The number of hydrogen-bond donors (Lipinski definition) is 2. The molecule has 0 radical (unpaired) electrons. The molecule has 0 aliphatic carbocycles. The number of carbonyl (C=O) groups excluding carboxylic acids is 1. The molecule has 0 spiro atoms. The number of anilines is 1. The summed E-state index contributed by atoms with van der Waals surface area (Å²) in [5, 5.41) is 10.1. The summed E-state index contributed by atoms with van der Waals surface area (Å²) in [6.45, 7) is 2.91. The van der Waals surface area contributed by atoms with Crippen molar-refractivity contribution in [3.8, 4) is 11.1 Å². The maximum Gasteiger partial charge on any atom is 0.220 e. The largest absolute Gasteiger partial charge is 0.372 e. The van der Waals surface area contributed by atoms with Gasteiger partial charge in [-0.1, -0.05) is 48.9 Å². The summed E-state index contributed by atoms with van der Waals surface area (Å²) < 4.78 is 0. The molecule has 1 amide bonds. The number of unbranched alkanes of at least 4 members (excludes halogenated alkanes) is 2. The second-order valence-electron chi connectivity index (χ2n) is 8.81. The Balaban J connectivity index is 1.09. The van der Waals surface area contributed by atoms with Gasteiger partial charge in [-0.3, -0.25) is 9.89 Å². The average Bonchev–Trinajstić information content (AvgIpc) is 3.39. The number of hydrogen-bond acceptors (Lipinski definition) is 3. The number of nitrogens with one attached hydrogen (secondary N) is 2. The summed E-state index contributed by atoms with van der Waals surface area (Å²) in [4.78, 5) is 14.7. The first-order valence-electron chi connectivity index (χ1n) is 11.9. The lowest BCUT2D eigenvalue weighted by molar-refractivity contribution is -0.121. The fraction of sp³-hybridized carbons (Fsp3) is 0.407. The normalized spacial score (nSPS) is 14.4. The Bertz CT molecular complexity index is 930. The fourth-order valence-electron chi connectivity index (χ4n) is 4.45. The highest BCUT2D eigenvalue weighted by Crippen LogP contribution is 2.26. The zero-order valence-corrected chi connectivity index (χ0v) is 18.8. The maximum absolute atomic E-state index is 12.2. The molecule has 1 saturated heterocycles. The van der Waals surface area contributed by atoms with Gasteiger partial charge in [0.05, 0.1) is 6.20 Å². The Hall–Kier alpha value is -3.08. The Kier molecular flexibility index (Phi) is 7.96. The van der Waals surface area contributed by atoms with Crippen LogP contribution in [0.5, 0.6) is 0 Å². The second-order valence-corrected chi connectivity index (χ2v) is 8.81. The van der Waals surface area contributed by atoms with Crippen LogP contribution >= 0.6 is 0 Å². The van der Waals surface area contributed by atoms with E-state index in [0.29, 0.717) is 12.3 Å². The molecular weight excluding hydrogens is 396 g/mol. The molecule has 168 valence electrons. The van der Waals surface area contributed by atoms with Gasteiger partial charge < -0.3 is 10.2 Å². The Morgan fingerprint density at radius 2 is 1.75 bits per heavy atom. The molecule has 5 heteroatoms. The first kappa shape index (κ1) is 22.1. The highest BCUT2D eigenvalue weighted by molar-refractivity contribution is 5.75. The topological polar surface area (TPSA) is 61.0 Å². The molecule has 0 bridgehead atoms. The van der Waals surface area contributed by atoms with E-state index in [1.165, 1.54) is 16.8 Å². The van der Waals surface area contributed by atoms with Crippen molar-refractivity contribution in [2.24, 2.45) is 5.92 Å². The second kappa shape index (κ2) is 11.5. The monoisotopic (exact) mass is 430 g/mol. The lowest BCUT2D eigenvalue weighted by atomic mass is 9.96. The van der Waals surface area contributed by atoms with E-state index in [1.54, 1.807) is 0 Å². The van der Waals surface area contributed by atoms with Gasteiger partial charge >= 0.3 is 0 Å². The van der Waals surface area contributed by atoms with Gasteiger partial charge in [0.2, 0.25) is 5.91 Å². The average molecular weight is 431 g/mol. The van der Waals surface area contributed by atoms with Gasteiger partial charge in [-0.05, 0) is 61.3 Å². The summed E-state index contributed by atoms with van der Waals surface area (Å²) in [5.41, 5.74) is 4.95. The molecule has 1 aliphatic rings. The number of aromatic amines is 1. The van der Waals surface area contributed by atoms with Crippen LogP contribution < -0.4 is 10.2 Å². The van der Waals surface area contributed by atoms with Crippen molar-refractivity contribution in [1.82, 2.24) is 15.5 Å². The molecule has 1 aliphatic heterocycles. The number of amides is 1. The first-order valence-corrected chi connectivity index (χ1v) is 11.9. The maximum atomic E-state index is 12.2. The predicted molar refractivity (Wildman–Crippen MR) is 131 cm³/mol. The smallest absolute Gasteiger partial charge is 0.220 e. The number of nitrogens with zero attached hydrogens (tertiary/aromatic N) is 2. The van der Waals surface area contributed by atoms with E-state index in [2.05, 4.69) is 75.0 Å². The van der Waals surface area contributed by atoms with Crippen molar-refractivity contribution in [1.29, 1.82) is 0 Å². The van der Waals surface area contributed by atoms with E-state index >= 15 is 0 Å². The fourth-order valence-corrected chi connectivity index (χ4v) is 4.45. The molecule has 0 atom stereocenters. The van der Waals surface area contributed by atoms with Crippen LogP contribution in [0.25, 0.3) is 11.1 Å². The van der Waals surface area contributed by atoms with Crippen LogP contribution in [0.4, 0.5) is 5.69 Å². The lowest BCUT2D eigenvalue weighted by Crippen LogP contribution is -2.38. The van der Waals surface area contributed by atoms with Crippen molar-refractivity contribution in [3.63, 3.8) is 0 Å². The van der Waals surface area contributed by atoms with Crippen LogP contribution in [0.2, 0.25) is 0 Å². The van der Waals surface area contributed by atoms with Crippen LogP contribution in [-0.2, 0) is 11.2 Å². The highest BCUT2D eigenvalue weighted by atomic mass is 16.1. The van der Waals surface area contributed by atoms with Crippen molar-refractivity contribution in [2.75, 3.05) is 24.5 Å². The van der Waals surface area contributed by atoms with Gasteiger partial charge in [0.15, 0.2) is 0 Å². The third-order valence-electron chi connectivity index (χ3n) is 6.48. The first-order chi connectivity index (χ1) is 15.8. The third kappa shape index (κ3) is 6.46. The molecule has 2 aromatic carbocycles. The van der Waals surface area contributed by atoms with E-state index in [9.17, 15) is 4.79 Å². The van der Waals surface area contributed by atoms with E-state index in [-0.39, 0.29) is 5.91 Å². The standard InChI is InChI=1S/C27H34N4O/c32-27(10-6-2-5-9-22-7-3-1-4-8-22)28-19-23-15-17-31(18-16-23)26-13-11-24(12-14-26)25-20-29-30-21-25/h1,3-4,7-8,11-14,20-21,23H,2,5-6,9-10,15-19H2,(H,28,32)(H,29,30). The molecule has 1 aromatic heterocycles. The molecule has 0 unspecified atom stereocenters. The molecule has 5 nitrogen and oxygen atoms in total. The van der Waals surface area contributed by atoms with Crippen LogP contribution in [0.1, 0.15) is 44.1 Å². The number of aromatic nitrogens is 2. The molecule has 4 rings (SSSR count). The summed E-state index contributed by atoms with van der Waals surface area (Å²) in [6.07, 6.45) is 11.0. The zero-order chi connectivity index (χ0) is 22.0. The van der Waals surface area contributed by atoms with Gasteiger partial charge in [-0.25, -0.2) is 0 Å². The number of piperidine rings is 1. The highest BCUT2D eigenvalue weighted by Gasteiger charge is 2.20. The van der Waals surface area contributed by atoms with Gasteiger partial charge in [0, 0.05) is 43.5 Å². The zero-order valence-electron chi connectivity index (χ0n) is 18.8. The quantitative estimate of drug-likeness (QED) is 0.434. The van der Waals surface area contributed by atoms with Crippen LogP contribution in [0, 0.1) is 5.92 Å². The summed E-state index contributed by atoms with van der Waals surface area (Å²) in [6, 6.07) is 19.3. The van der Waals surface area contributed by atoms with Gasteiger partial charge in [0.25, 0.3) is 0 Å². The number of carbonyl (C=O) groups is 1.